The molecule has 0 saturated carbocycles. The van der Waals surface area contributed by atoms with Gasteiger partial charge in [-0.1, -0.05) is 24.3 Å². The van der Waals surface area contributed by atoms with E-state index in [1.54, 1.807) is 4.90 Å². The van der Waals surface area contributed by atoms with Crippen LogP contribution in [0.2, 0.25) is 0 Å². The van der Waals surface area contributed by atoms with E-state index in [1.165, 1.54) is 34.1 Å². The van der Waals surface area contributed by atoms with Crippen molar-refractivity contribution in [2.75, 3.05) is 39.5 Å². The molecule has 0 N–H and O–H groups in total. The lowest BCUT2D eigenvalue weighted by molar-refractivity contribution is -0.138. The van der Waals surface area contributed by atoms with Gasteiger partial charge in [0.05, 0.1) is 23.7 Å². The van der Waals surface area contributed by atoms with Gasteiger partial charge in [0.2, 0.25) is 10.0 Å². The van der Waals surface area contributed by atoms with Crippen LogP contribution in [0.1, 0.15) is 21.5 Å². The maximum atomic E-state index is 13.0. The zero-order valence-electron chi connectivity index (χ0n) is 17.0. The number of hydrogen-bond donors (Lipinski definition) is 0. The summed E-state index contributed by atoms with van der Waals surface area (Å²) in [5, 5.41) is 0. The minimum absolute atomic E-state index is 0.118. The Bertz CT molecular complexity index is 1060. The third-order valence-corrected chi connectivity index (χ3v) is 7.37. The normalized spacial score (nSPS) is 17.1. The van der Waals surface area contributed by atoms with Crippen LogP contribution >= 0.6 is 0 Å². The maximum absolute atomic E-state index is 13.0. The van der Waals surface area contributed by atoms with Gasteiger partial charge in [0.1, 0.15) is 0 Å². The molecule has 8 nitrogen and oxygen atoms in total. The molecule has 0 aromatic heterocycles. The topological polar surface area (TPSA) is 93.2 Å². The van der Waals surface area contributed by atoms with Crippen LogP contribution in [0.25, 0.3) is 0 Å². The predicted molar refractivity (Wildman–Crippen MR) is 112 cm³/mol. The highest BCUT2D eigenvalue weighted by Crippen LogP contribution is 2.25. The largest absolute Gasteiger partial charge is 0.452 e. The summed E-state index contributed by atoms with van der Waals surface area (Å²) in [7, 11) is -3.68. The average Bonchev–Trinajstić information content (AvgIpc) is 2.82. The number of sulfonamides is 1. The fourth-order valence-electron chi connectivity index (χ4n) is 3.70. The van der Waals surface area contributed by atoms with Gasteiger partial charge in [0, 0.05) is 26.2 Å². The van der Waals surface area contributed by atoms with Crippen LogP contribution < -0.4 is 0 Å². The van der Waals surface area contributed by atoms with Gasteiger partial charge in [-0.25, -0.2) is 13.2 Å². The van der Waals surface area contributed by atoms with Crippen LogP contribution in [0, 0.1) is 0 Å². The van der Waals surface area contributed by atoms with E-state index in [0.717, 1.165) is 5.56 Å². The molecule has 0 atom stereocenters. The van der Waals surface area contributed by atoms with Crippen molar-refractivity contribution in [3.05, 3.63) is 65.2 Å². The van der Waals surface area contributed by atoms with Crippen molar-refractivity contribution < 1.29 is 27.5 Å². The molecular formula is C22H24N2O6S. The van der Waals surface area contributed by atoms with Crippen molar-refractivity contribution in [3.63, 3.8) is 0 Å². The van der Waals surface area contributed by atoms with Crippen molar-refractivity contribution in [1.82, 2.24) is 9.21 Å². The zero-order chi connectivity index (χ0) is 21.8. The molecule has 0 radical (unpaired) electrons. The fraction of sp³-hybridized carbons (Fsp3) is 0.364. The third kappa shape index (κ3) is 4.79. The molecule has 0 unspecified atom stereocenters. The zero-order valence-corrected chi connectivity index (χ0v) is 17.8. The molecule has 2 heterocycles. The number of carbonyl (C=O) groups excluding carboxylic acids is 2. The summed E-state index contributed by atoms with van der Waals surface area (Å²) >= 11 is 0. The summed E-state index contributed by atoms with van der Waals surface area (Å²) in [4.78, 5) is 26.0. The number of morpholine rings is 1. The van der Waals surface area contributed by atoms with E-state index < -0.39 is 16.0 Å². The first-order valence-corrected chi connectivity index (χ1v) is 11.6. The molecule has 164 valence electrons. The Hall–Kier alpha value is -2.75. The Morgan fingerprint density at radius 1 is 0.935 bits per heavy atom. The molecule has 0 aliphatic carbocycles. The SMILES string of the molecule is O=C(OCC(=O)N1CCOCC1)c1ccc(S(=O)(=O)N2CCc3ccccc3C2)cc1. The molecule has 2 aliphatic heterocycles. The highest BCUT2D eigenvalue weighted by atomic mass is 32.2. The van der Waals surface area contributed by atoms with Crippen molar-refractivity contribution in [3.8, 4) is 0 Å². The molecule has 4 rings (SSSR count). The highest BCUT2D eigenvalue weighted by Gasteiger charge is 2.28. The Labute approximate surface area is 181 Å². The minimum atomic E-state index is -3.68. The second-order valence-corrected chi connectivity index (χ2v) is 9.39. The second kappa shape index (κ2) is 9.17. The van der Waals surface area contributed by atoms with Crippen molar-refractivity contribution in [2.24, 2.45) is 0 Å². The maximum Gasteiger partial charge on any atom is 0.338 e. The monoisotopic (exact) mass is 444 g/mol. The molecule has 0 spiro atoms. The lowest BCUT2D eigenvalue weighted by atomic mass is 10.0. The van der Waals surface area contributed by atoms with Crippen LogP contribution in [-0.4, -0.2) is 69.0 Å². The summed E-state index contributed by atoms with van der Waals surface area (Å²) in [6.45, 7) is 2.27. The van der Waals surface area contributed by atoms with E-state index in [-0.39, 0.29) is 23.0 Å². The third-order valence-electron chi connectivity index (χ3n) is 5.51. The van der Waals surface area contributed by atoms with E-state index in [1.807, 2.05) is 24.3 Å². The van der Waals surface area contributed by atoms with Crippen molar-refractivity contribution in [2.45, 2.75) is 17.9 Å². The molecule has 2 aromatic rings. The number of esters is 1. The van der Waals surface area contributed by atoms with Gasteiger partial charge in [0.25, 0.3) is 5.91 Å². The highest BCUT2D eigenvalue weighted by molar-refractivity contribution is 7.89. The number of fused-ring (bicyclic) bond motifs is 1. The van der Waals surface area contributed by atoms with Gasteiger partial charge < -0.3 is 14.4 Å². The summed E-state index contributed by atoms with van der Waals surface area (Å²) in [6, 6.07) is 13.4. The van der Waals surface area contributed by atoms with Gasteiger partial charge in [-0.05, 0) is 41.8 Å². The quantitative estimate of drug-likeness (QED) is 0.648. The summed E-state index contributed by atoms with van der Waals surface area (Å²) in [5.74, 6) is -0.946. The number of ether oxygens (including phenoxy) is 2. The number of nitrogens with zero attached hydrogens (tertiary/aromatic N) is 2. The minimum Gasteiger partial charge on any atom is -0.452 e. The van der Waals surface area contributed by atoms with Crippen molar-refractivity contribution >= 4 is 21.9 Å². The first kappa shape index (κ1) is 21.5. The molecule has 1 amide bonds. The van der Waals surface area contributed by atoms with Crippen LogP contribution in [0.3, 0.4) is 0 Å². The standard InChI is InChI=1S/C22H24N2O6S/c25-21(23-11-13-29-14-12-23)16-30-22(26)18-5-7-20(8-6-18)31(27,28)24-10-9-17-3-1-2-4-19(17)15-24/h1-8H,9-16H2. The molecule has 9 heteroatoms. The number of hydrogen-bond acceptors (Lipinski definition) is 6. The Kier molecular flexibility index (Phi) is 6.35. The van der Waals surface area contributed by atoms with Crippen LogP contribution in [0.5, 0.6) is 0 Å². The number of amides is 1. The van der Waals surface area contributed by atoms with Gasteiger partial charge in [-0.3, -0.25) is 4.79 Å². The van der Waals surface area contributed by atoms with Crippen LogP contribution in [0.15, 0.2) is 53.4 Å². The molecular weight excluding hydrogens is 420 g/mol. The summed E-state index contributed by atoms with van der Waals surface area (Å²) < 4.78 is 37.8. The Morgan fingerprint density at radius 3 is 2.32 bits per heavy atom. The van der Waals surface area contributed by atoms with Gasteiger partial charge >= 0.3 is 5.97 Å². The summed E-state index contributed by atoms with van der Waals surface area (Å²) in [5.41, 5.74) is 2.36. The molecule has 1 saturated heterocycles. The van der Waals surface area contributed by atoms with E-state index in [4.69, 9.17) is 9.47 Å². The van der Waals surface area contributed by atoms with Crippen LogP contribution in [0.4, 0.5) is 0 Å². The Morgan fingerprint density at radius 2 is 1.61 bits per heavy atom. The van der Waals surface area contributed by atoms with Crippen molar-refractivity contribution in [1.29, 1.82) is 0 Å². The summed E-state index contributed by atoms with van der Waals surface area (Å²) in [6.07, 6.45) is 0.664. The molecule has 1 fully saturated rings. The van der Waals surface area contributed by atoms with E-state index in [2.05, 4.69) is 0 Å². The van der Waals surface area contributed by atoms with E-state index >= 15 is 0 Å². The van der Waals surface area contributed by atoms with Crippen LogP contribution in [-0.2, 0) is 37.3 Å². The molecule has 2 aromatic carbocycles. The first-order valence-electron chi connectivity index (χ1n) is 10.1. The predicted octanol–water partition coefficient (Wildman–Crippen LogP) is 1.45. The molecule has 31 heavy (non-hydrogen) atoms. The van der Waals surface area contributed by atoms with Gasteiger partial charge in [-0.15, -0.1) is 0 Å². The number of rotatable bonds is 5. The van der Waals surface area contributed by atoms with Gasteiger partial charge in [0.15, 0.2) is 6.61 Å². The average molecular weight is 445 g/mol. The smallest absolute Gasteiger partial charge is 0.338 e. The lowest BCUT2D eigenvalue weighted by Crippen LogP contribution is -2.42. The lowest BCUT2D eigenvalue weighted by Gasteiger charge is -2.28. The van der Waals surface area contributed by atoms with Gasteiger partial charge in [-0.2, -0.15) is 4.31 Å². The molecule has 0 bridgehead atoms. The van der Waals surface area contributed by atoms with E-state index in [0.29, 0.717) is 45.8 Å². The number of benzene rings is 2. The number of carbonyl (C=O) groups is 2. The van der Waals surface area contributed by atoms with E-state index in [9.17, 15) is 18.0 Å². The second-order valence-electron chi connectivity index (χ2n) is 7.45. The first-order chi connectivity index (χ1) is 14.9. The molecule has 2 aliphatic rings. The fourth-order valence-corrected chi connectivity index (χ4v) is 5.12. The Balaban J connectivity index is 1.38.